The van der Waals surface area contributed by atoms with Crippen LogP contribution in [0, 0.1) is 48.5 Å². The Morgan fingerprint density at radius 3 is 1.03 bits per heavy atom. The van der Waals surface area contributed by atoms with Crippen molar-refractivity contribution in [2.24, 2.45) is 21.1 Å². The van der Waals surface area contributed by atoms with Gasteiger partial charge in [-0.15, -0.1) is 0 Å². The Morgan fingerprint density at radius 1 is 0.235 bits per heavy atom. The minimum atomic E-state index is 0.313. The standard InChI is InChI=1S/C26H21B.C20H18BN2.2C20H17BN2.C19H18BN3/c1-16-7-5-9-19-14-20-10-6-11-21-15-23-22-12-4-3-8-18(22)13-17(2)25(23)27(24(16)19)26(20)21;1-13-5-3-6-14-9-16-11-22-12-17-10-15-7-4-8-23(2)20(15)21(18(13)14)19(16)17;1-12-4-3-5-14-6-16-10-23-11-17-7-15-9-22-8-13(2)19(15)21(18(12)14)20(16)17;1-12-4-3-5-14-8-15-10-22-11-16-9-17-19(13(2)6-7-23-17)21(18(12)14)20(15)16;1-22-7-3-5-13-9-15-11-21-12-16-10-14-6-4-8-23(2)19(14)20(17(15)16)18(13)22/h3-13H,14-15H2,1-2H3;3-8,11-12H,9-10H2,1-2H3;3-5,8-11H,6-7H2,1-2H3;3-7,10-11H,8-9H2,1-2H3;3-8,11-12H,9-10H2,1-2H3/q;+1;;;+2. The Kier molecular flexibility index (Phi) is 17.5. The largest absolute Gasteiger partial charge is 0.407 e. The maximum Gasteiger partial charge on any atom is 0.407 e. The average molecular weight is 1530 g/mol. The summed E-state index contributed by atoms with van der Waals surface area (Å²) in [6.07, 6.45) is 39.0. The van der Waals surface area contributed by atoms with E-state index in [9.17, 15) is 0 Å². The highest BCUT2D eigenvalue weighted by Crippen LogP contribution is 2.32. The Labute approximate surface area is 700 Å². The smallest absolute Gasteiger partial charge is 0.264 e. The van der Waals surface area contributed by atoms with Gasteiger partial charge >= 0.3 is 13.4 Å². The lowest BCUT2D eigenvalue weighted by atomic mass is 9.29. The second-order valence-electron chi connectivity index (χ2n) is 35.4. The molecule has 9 aromatic heterocycles. The van der Waals surface area contributed by atoms with E-state index < -0.39 is 0 Å². The second kappa shape index (κ2) is 28.6. The third-order valence-electron chi connectivity index (χ3n) is 28.5. The molecule has 0 aliphatic carbocycles. The van der Waals surface area contributed by atoms with Crippen molar-refractivity contribution in [2.45, 2.75) is 113 Å². The first-order valence-corrected chi connectivity index (χ1v) is 42.8. The highest BCUT2D eigenvalue weighted by Gasteiger charge is 2.50. The summed E-state index contributed by atoms with van der Waals surface area (Å²) < 4.78 is 6.92. The summed E-state index contributed by atoms with van der Waals surface area (Å²) in [5.41, 5.74) is 60.5. The minimum absolute atomic E-state index is 0.313. The lowest BCUT2D eigenvalue weighted by Gasteiger charge is -2.36. The van der Waals surface area contributed by atoms with Gasteiger partial charge in [-0.3, -0.25) is 29.9 Å². The van der Waals surface area contributed by atoms with Crippen molar-refractivity contribution in [2.75, 3.05) is 0 Å². The van der Waals surface area contributed by atoms with Crippen molar-refractivity contribution in [3.63, 3.8) is 0 Å². The molecular weight excluding hydrogens is 1440 g/mol. The molecular formula is C105H91B5N9+3. The van der Waals surface area contributed by atoms with Gasteiger partial charge in [0.15, 0.2) is 29.8 Å². The van der Waals surface area contributed by atoms with Gasteiger partial charge < -0.3 is 0 Å². The van der Waals surface area contributed by atoms with Crippen LogP contribution < -0.4 is 96.0 Å². The minimum Gasteiger partial charge on any atom is -0.264 e. The van der Waals surface area contributed by atoms with E-state index in [0.29, 0.717) is 33.6 Å². The molecule has 19 heterocycles. The van der Waals surface area contributed by atoms with Crippen LogP contribution in [0.4, 0.5) is 0 Å². The van der Waals surface area contributed by atoms with Gasteiger partial charge in [0.1, 0.15) is 26.7 Å². The van der Waals surface area contributed by atoms with Crippen LogP contribution in [0.2, 0.25) is 0 Å². The predicted molar refractivity (Wildman–Crippen MR) is 489 cm³/mol. The molecule has 0 amide bonds. The fraction of sp³-hybridized carbons (Fsp3) is 0.190. The quantitative estimate of drug-likeness (QED) is 0.133. The van der Waals surface area contributed by atoms with Gasteiger partial charge in [-0.05, 0) is 228 Å². The van der Waals surface area contributed by atoms with Gasteiger partial charge in [-0.25, -0.2) is 13.7 Å². The number of pyridine rings is 9. The highest BCUT2D eigenvalue weighted by molar-refractivity contribution is 7.00. The number of rotatable bonds is 0. The highest BCUT2D eigenvalue weighted by atomic mass is 14.9. The van der Waals surface area contributed by atoms with Gasteiger partial charge in [0.25, 0.3) is 0 Å². The van der Waals surface area contributed by atoms with E-state index in [1.807, 2.05) is 24.8 Å². The molecule has 26 rings (SSSR count). The summed E-state index contributed by atoms with van der Waals surface area (Å²) in [6, 6.07) is 60.6. The number of benzene rings is 7. The second-order valence-corrected chi connectivity index (χ2v) is 35.4. The van der Waals surface area contributed by atoms with E-state index in [2.05, 4.69) is 334 Å². The van der Waals surface area contributed by atoms with E-state index >= 15 is 0 Å². The first-order valence-electron chi connectivity index (χ1n) is 42.8. The van der Waals surface area contributed by atoms with E-state index in [4.69, 9.17) is 4.98 Å². The van der Waals surface area contributed by atoms with Crippen molar-refractivity contribution in [1.29, 1.82) is 0 Å². The maximum atomic E-state index is 4.71. The van der Waals surface area contributed by atoms with Gasteiger partial charge in [0.2, 0.25) is 20.1 Å². The Bertz CT molecular complexity index is 5950. The van der Waals surface area contributed by atoms with Crippen LogP contribution in [0.25, 0.3) is 10.8 Å². The normalized spacial score (nSPS) is 14.1. The molecule has 14 heteroatoms. The molecule has 0 unspecified atom stereocenters. The van der Waals surface area contributed by atoms with Crippen LogP contribution in [0.3, 0.4) is 0 Å². The summed E-state index contributed by atoms with van der Waals surface area (Å²) in [7, 11) is 6.51. The summed E-state index contributed by atoms with van der Waals surface area (Å²) in [4.78, 5) is 27.2. The fourth-order valence-corrected chi connectivity index (χ4v) is 23.8. The Balaban J connectivity index is 0.0000000897. The molecule has 10 aliphatic rings. The number of aromatic nitrogens is 9. The maximum absolute atomic E-state index is 4.71. The van der Waals surface area contributed by atoms with Crippen molar-refractivity contribution in [3.05, 3.63) is 401 Å². The van der Waals surface area contributed by atoms with Crippen LogP contribution in [0.1, 0.15) is 150 Å². The summed E-state index contributed by atoms with van der Waals surface area (Å²) >= 11 is 0. The fourth-order valence-electron chi connectivity index (χ4n) is 23.8. The molecule has 0 atom stereocenters. The zero-order valence-electron chi connectivity index (χ0n) is 69.7. The molecule has 119 heavy (non-hydrogen) atoms. The topological polar surface area (TPSA) is 89.0 Å². The van der Waals surface area contributed by atoms with Gasteiger partial charge in [-0.2, -0.15) is 0 Å². The van der Waals surface area contributed by atoms with E-state index in [1.54, 1.807) is 16.4 Å². The van der Waals surface area contributed by atoms with Gasteiger partial charge in [-0.1, -0.05) is 209 Å². The number of hydrogen-bond donors (Lipinski definition) is 0. The van der Waals surface area contributed by atoms with Gasteiger partial charge in [0, 0.05) is 134 Å². The Morgan fingerprint density at radius 2 is 0.546 bits per heavy atom. The monoisotopic (exact) mass is 1530 g/mol. The number of fused-ring (bicyclic) bond motifs is 22. The molecule has 0 saturated heterocycles. The third kappa shape index (κ3) is 11.7. The van der Waals surface area contributed by atoms with E-state index in [-0.39, 0.29) is 0 Å². The van der Waals surface area contributed by atoms with Crippen molar-refractivity contribution < 1.29 is 13.7 Å². The number of aryl methyl sites for hydroxylation is 10. The van der Waals surface area contributed by atoms with Crippen LogP contribution >= 0.6 is 0 Å². The summed E-state index contributed by atoms with van der Waals surface area (Å²) in [5, 5.41) is 2.80. The van der Waals surface area contributed by atoms with Crippen LogP contribution in [0.15, 0.2) is 251 Å². The third-order valence-corrected chi connectivity index (χ3v) is 28.5. The van der Waals surface area contributed by atoms with Crippen molar-refractivity contribution >= 4 is 127 Å². The lowest BCUT2D eigenvalue weighted by molar-refractivity contribution is -0.659. The van der Waals surface area contributed by atoms with Crippen molar-refractivity contribution in [1.82, 2.24) is 29.9 Å². The lowest BCUT2D eigenvalue weighted by Crippen LogP contribution is -2.75. The Hall–Kier alpha value is -12.5. The molecule has 0 N–H and O–H groups in total. The molecule has 0 fully saturated rings. The molecule has 0 saturated carbocycles. The first kappa shape index (κ1) is 72.9. The molecule has 0 radical (unpaired) electrons. The molecule has 568 valence electrons. The zero-order valence-corrected chi connectivity index (χ0v) is 69.7. The molecule has 0 spiro atoms. The molecule has 7 aromatic carbocycles. The van der Waals surface area contributed by atoms with Gasteiger partial charge in [0.05, 0.1) is 0 Å². The first-order chi connectivity index (χ1) is 58.2. The summed E-state index contributed by atoms with van der Waals surface area (Å²) in [6.45, 7) is 17.5. The van der Waals surface area contributed by atoms with Crippen LogP contribution in [-0.4, -0.2) is 63.5 Å². The zero-order chi connectivity index (χ0) is 80.3. The average Bonchev–Trinajstić information content (AvgIpc) is 0.741. The van der Waals surface area contributed by atoms with Crippen LogP contribution in [-0.2, 0) is 85.4 Å². The van der Waals surface area contributed by atoms with Crippen molar-refractivity contribution in [3.8, 4) is 0 Å². The molecule has 0 bridgehead atoms. The number of nitrogens with zero attached hydrogens (tertiary/aromatic N) is 9. The van der Waals surface area contributed by atoms with E-state index in [1.165, 1.54) is 227 Å². The predicted octanol–water partition coefficient (Wildman–Crippen LogP) is 6.21. The van der Waals surface area contributed by atoms with Crippen LogP contribution in [0.5, 0.6) is 0 Å². The SMILES string of the molecule is C[n+]1cccc2c1B1c3c(cncc3Cc3ccc[n+](C)c31)C2.Cc1cccc2c1B1c3c(C)cncc3Cc3cncc(c31)C2.Cc1cccc2c1B1c3c(cccc3Cc3c1c(C)cc1ccccc31)C2.Cc1cccc2c1B1c3c(cncc3Cc3ccc[n+](C)c31)C2.Cc1cccc2c1B1c3c(cncc3Cc3nccc(C)c31)C2. The molecule has 16 aromatic rings. The molecule has 10 aliphatic heterocycles. The summed E-state index contributed by atoms with van der Waals surface area (Å²) in [5.74, 6) is 0. The number of hydrogen-bond acceptors (Lipinski definition) is 6. The molecule has 9 nitrogen and oxygen atoms in total. The van der Waals surface area contributed by atoms with E-state index in [0.717, 1.165) is 64.2 Å².